The number of imidazole rings is 1. The van der Waals surface area contributed by atoms with Gasteiger partial charge in [0, 0.05) is 0 Å². The van der Waals surface area contributed by atoms with Crippen LogP contribution in [0.25, 0.3) is 21.8 Å². The minimum Gasteiger partial charge on any atom is -0.491 e. The first-order valence-corrected chi connectivity index (χ1v) is 7.99. The monoisotopic (exact) mass is 318 g/mol. The zero-order valence-electron chi connectivity index (χ0n) is 13.2. The smallest absolute Gasteiger partial charge is 0.120 e. The molecule has 0 bridgehead atoms. The zero-order chi connectivity index (χ0) is 16.4. The molecule has 0 saturated carbocycles. The van der Waals surface area contributed by atoms with Crippen LogP contribution in [0.3, 0.4) is 0 Å². The van der Waals surface area contributed by atoms with Gasteiger partial charge < -0.3 is 14.4 Å². The average Bonchev–Trinajstić information content (AvgIpc) is 3.03. The summed E-state index contributed by atoms with van der Waals surface area (Å²) in [5, 5.41) is 12.6. The van der Waals surface area contributed by atoms with Gasteiger partial charge in [0.25, 0.3) is 0 Å². The van der Waals surface area contributed by atoms with Gasteiger partial charge in [-0.05, 0) is 35.0 Å². The molecule has 0 spiro atoms. The highest BCUT2D eigenvalue weighted by Gasteiger charge is 2.09. The molecule has 0 amide bonds. The molecule has 4 aromatic rings. The molecule has 1 aromatic heterocycles. The number of benzene rings is 3. The van der Waals surface area contributed by atoms with Gasteiger partial charge in [-0.1, -0.05) is 42.5 Å². The Morgan fingerprint density at radius 2 is 1.75 bits per heavy atom. The molecule has 1 atom stereocenters. The maximum atomic E-state index is 10.3. The second-order valence-electron chi connectivity index (χ2n) is 5.86. The van der Waals surface area contributed by atoms with Gasteiger partial charge in [-0.3, -0.25) is 0 Å². The summed E-state index contributed by atoms with van der Waals surface area (Å²) in [5.41, 5.74) is 1.95. The predicted octanol–water partition coefficient (Wildman–Crippen LogP) is 3.63. The summed E-state index contributed by atoms with van der Waals surface area (Å²) in [6.45, 7) is 0.693. The molecular formula is C20H18N2O2. The maximum absolute atomic E-state index is 10.3. The number of aromatic nitrogens is 2. The minimum absolute atomic E-state index is 0.241. The van der Waals surface area contributed by atoms with Crippen LogP contribution < -0.4 is 4.74 Å². The Labute approximate surface area is 139 Å². The Kier molecular flexibility index (Phi) is 3.89. The van der Waals surface area contributed by atoms with Crippen molar-refractivity contribution in [2.24, 2.45) is 0 Å². The van der Waals surface area contributed by atoms with Gasteiger partial charge in [0.1, 0.15) is 18.5 Å². The molecule has 3 aromatic carbocycles. The van der Waals surface area contributed by atoms with Crippen molar-refractivity contribution in [3.63, 3.8) is 0 Å². The maximum Gasteiger partial charge on any atom is 0.120 e. The zero-order valence-corrected chi connectivity index (χ0v) is 13.2. The van der Waals surface area contributed by atoms with Crippen LogP contribution in [-0.2, 0) is 6.54 Å². The molecule has 0 radical (unpaired) electrons. The highest BCUT2D eigenvalue weighted by molar-refractivity contribution is 5.83. The van der Waals surface area contributed by atoms with Crippen molar-refractivity contribution in [1.82, 2.24) is 9.55 Å². The van der Waals surface area contributed by atoms with E-state index in [0.717, 1.165) is 22.2 Å². The second kappa shape index (κ2) is 6.34. The van der Waals surface area contributed by atoms with Crippen molar-refractivity contribution < 1.29 is 9.84 Å². The molecule has 4 heteroatoms. The molecule has 0 aliphatic rings. The molecule has 0 saturated heterocycles. The number of fused-ring (bicyclic) bond motifs is 2. The van der Waals surface area contributed by atoms with E-state index in [2.05, 4.69) is 17.1 Å². The number of ether oxygens (including phenoxy) is 1. The Hall–Kier alpha value is -2.85. The van der Waals surface area contributed by atoms with Crippen molar-refractivity contribution in [2.75, 3.05) is 6.61 Å². The topological polar surface area (TPSA) is 47.3 Å². The van der Waals surface area contributed by atoms with E-state index >= 15 is 0 Å². The molecule has 0 fully saturated rings. The lowest BCUT2D eigenvalue weighted by atomic mass is 10.1. The fourth-order valence-electron chi connectivity index (χ4n) is 2.89. The molecule has 1 heterocycles. The Morgan fingerprint density at radius 1 is 0.958 bits per heavy atom. The Bertz CT molecular complexity index is 977. The normalized spacial score (nSPS) is 12.5. The van der Waals surface area contributed by atoms with Gasteiger partial charge in [-0.2, -0.15) is 0 Å². The number of hydrogen-bond donors (Lipinski definition) is 1. The van der Waals surface area contributed by atoms with Crippen LogP contribution in [0.4, 0.5) is 0 Å². The first-order valence-electron chi connectivity index (χ1n) is 7.99. The number of hydrogen-bond acceptors (Lipinski definition) is 3. The quantitative estimate of drug-likeness (QED) is 0.611. The average molecular weight is 318 g/mol. The summed E-state index contributed by atoms with van der Waals surface area (Å²) in [7, 11) is 0. The van der Waals surface area contributed by atoms with Gasteiger partial charge >= 0.3 is 0 Å². The van der Waals surface area contributed by atoms with Gasteiger partial charge in [0.2, 0.25) is 0 Å². The van der Waals surface area contributed by atoms with Crippen LogP contribution in [0, 0.1) is 0 Å². The molecule has 24 heavy (non-hydrogen) atoms. The fourth-order valence-corrected chi connectivity index (χ4v) is 2.89. The van der Waals surface area contributed by atoms with E-state index in [1.54, 1.807) is 6.33 Å². The van der Waals surface area contributed by atoms with E-state index in [4.69, 9.17) is 4.74 Å². The highest BCUT2D eigenvalue weighted by Crippen LogP contribution is 2.21. The summed E-state index contributed by atoms with van der Waals surface area (Å²) in [6.07, 6.45) is 1.15. The van der Waals surface area contributed by atoms with Gasteiger partial charge in [0.05, 0.1) is 23.9 Å². The standard InChI is InChI=1S/C20H18N2O2/c23-17(12-22-14-21-19-7-3-4-8-20(19)22)13-24-18-10-9-15-5-1-2-6-16(15)11-18/h1-11,14,17,23H,12-13H2/t17-/m0/s1. The van der Waals surface area contributed by atoms with Crippen LogP contribution in [0.1, 0.15) is 0 Å². The molecule has 1 N–H and O–H groups in total. The molecular weight excluding hydrogens is 300 g/mol. The summed E-state index contributed by atoms with van der Waals surface area (Å²) >= 11 is 0. The number of para-hydroxylation sites is 2. The predicted molar refractivity (Wildman–Crippen MR) is 95.2 cm³/mol. The fraction of sp³-hybridized carbons (Fsp3) is 0.150. The lowest BCUT2D eigenvalue weighted by molar-refractivity contribution is 0.0935. The Balaban J connectivity index is 1.43. The van der Waals surface area contributed by atoms with E-state index in [1.165, 1.54) is 5.39 Å². The number of nitrogens with zero attached hydrogens (tertiary/aromatic N) is 2. The molecule has 0 aliphatic carbocycles. The Morgan fingerprint density at radius 3 is 2.67 bits per heavy atom. The summed E-state index contributed by atoms with van der Waals surface area (Å²) < 4.78 is 7.70. The van der Waals surface area contributed by atoms with Crippen molar-refractivity contribution in [1.29, 1.82) is 0 Å². The largest absolute Gasteiger partial charge is 0.491 e. The lowest BCUT2D eigenvalue weighted by Gasteiger charge is -2.14. The van der Waals surface area contributed by atoms with Crippen LogP contribution in [0.15, 0.2) is 73.1 Å². The highest BCUT2D eigenvalue weighted by atomic mass is 16.5. The van der Waals surface area contributed by atoms with Gasteiger partial charge in [-0.25, -0.2) is 4.98 Å². The van der Waals surface area contributed by atoms with Crippen molar-refractivity contribution >= 4 is 21.8 Å². The second-order valence-corrected chi connectivity index (χ2v) is 5.86. The third kappa shape index (κ3) is 2.96. The third-order valence-corrected chi connectivity index (χ3v) is 4.10. The first-order chi connectivity index (χ1) is 11.8. The van der Waals surface area contributed by atoms with Crippen molar-refractivity contribution in [2.45, 2.75) is 12.6 Å². The minimum atomic E-state index is -0.603. The first kappa shape index (κ1) is 14.7. The SMILES string of the molecule is O[C@H](COc1ccc2ccccc2c1)Cn1cnc2ccccc21. The van der Waals surface area contributed by atoms with E-state index < -0.39 is 6.10 Å². The van der Waals surface area contributed by atoms with Crippen LogP contribution in [0.5, 0.6) is 5.75 Å². The summed E-state index contributed by atoms with van der Waals surface area (Å²) in [6, 6.07) is 22.0. The van der Waals surface area contributed by atoms with Crippen LogP contribution in [0.2, 0.25) is 0 Å². The lowest BCUT2D eigenvalue weighted by Crippen LogP contribution is -2.23. The van der Waals surface area contributed by atoms with Gasteiger partial charge in [-0.15, -0.1) is 0 Å². The number of aliphatic hydroxyl groups is 1. The summed E-state index contributed by atoms with van der Waals surface area (Å²) in [4.78, 5) is 4.34. The van der Waals surface area contributed by atoms with Crippen molar-refractivity contribution in [3.05, 3.63) is 73.1 Å². The molecule has 4 nitrogen and oxygen atoms in total. The molecule has 120 valence electrons. The van der Waals surface area contributed by atoms with E-state index in [9.17, 15) is 5.11 Å². The molecule has 0 aliphatic heterocycles. The van der Waals surface area contributed by atoms with E-state index in [-0.39, 0.29) is 6.61 Å². The van der Waals surface area contributed by atoms with E-state index in [1.807, 2.05) is 59.2 Å². The van der Waals surface area contributed by atoms with Crippen LogP contribution in [-0.4, -0.2) is 27.4 Å². The van der Waals surface area contributed by atoms with Crippen LogP contribution >= 0.6 is 0 Å². The van der Waals surface area contributed by atoms with Crippen molar-refractivity contribution in [3.8, 4) is 5.75 Å². The molecule has 4 rings (SSSR count). The third-order valence-electron chi connectivity index (χ3n) is 4.10. The number of aliphatic hydroxyl groups excluding tert-OH is 1. The van der Waals surface area contributed by atoms with Gasteiger partial charge in [0.15, 0.2) is 0 Å². The van der Waals surface area contributed by atoms with E-state index in [0.29, 0.717) is 6.54 Å². The number of rotatable bonds is 5. The summed E-state index contributed by atoms with van der Waals surface area (Å²) in [5.74, 6) is 0.767. The molecule has 0 unspecified atom stereocenters.